The molecule has 7 heteroatoms. The van der Waals surface area contributed by atoms with E-state index in [2.05, 4.69) is 36.3 Å². The molecule has 3 atom stereocenters. The Morgan fingerprint density at radius 3 is 2.50 bits per heavy atom. The second-order valence-electron chi connectivity index (χ2n) is 8.39. The van der Waals surface area contributed by atoms with Crippen molar-refractivity contribution in [3.05, 3.63) is 54.1 Å². The third-order valence-corrected chi connectivity index (χ3v) is 6.21. The highest BCUT2D eigenvalue weighted by Gasteiger charge is 2.26. The second-order valence-corrected chi connectivity index (χ2v) is 8.39. The summed E-state index contributed by atoms with van der Waals surface area (Å²) in [6, 6.07) is 9.84. The van der Waals surface area contributed by atoms with Gasteiger partial charge in [-0.2, -0.15) is 0 Å². The Balaban J connectivity index is 0.00000225. The van der Waals surface area contributed by atoms with Crippen LogP contribution in [0.25, 0.3) is 0 Å². The Hall–Kier alpha value is -1.56. The first kappa shape index (κ1) is 26.5. The quantitative estimate of drug-likeness (QED) is 0.621. The minimum Gasteiger partial charge on any atom is -0.352 e. The number of rotatable bonds is 8. The molecule has 1 aliphatic rings. The van der Waals surface area contributed by atoms with E-state index >= 15 is 0 Å². The molecule has 2 aromatic rings. The maximum Gasteiger partial charge on any atom is 0.237 e. The number of carbonyl (C=O) groups excluding carboxylic acids is 1. The molecule has 1 aromatic carbocycles. The predicted molar refractivity (Wildman–Crippen MR) is 127 cm³/mol. The van der Waals surface area contributed by atoms with Crippen molar-refractivity contribution >= 4 is 30.7 Å². The Bertz CT molecular complexity index is 747. The van der Waals surface area contributed by atoms with E-state index in [0.29, 0.717) is 18.3 Å². The van der Waals surface area contributed by atoms with Gasteiger partial charge in [-0.15, -0.1) is 24.8 Å². The molecule has 3 N–H and O–H groups in total. The molecular weight excluding hydrogens is 419 g/mol. The van der Waals surface area contributed by atoms with E-state index in [1.165, 1.54) is 37.7 Å². The number of imidazole rings is 1. The summed E-state index contributed by atoms with van der Waals surface area (Å²) in [7, 11) is 0. The van der Waals surface area contributed by atoms with Crippen molar-refractivity contribution in [3.8, 4) is 0 Å². The van der Waals surface area contributed by atoms with Gasteiger partial charge < -0.3 is 15.6 Å². The average molecular weight is 455 g/mol. The first-order valence-electron chi connectivity index (χ1n) is 10.6. The molecule has 0 bridgehead atoms. The van der Waals surface area contributed by atoms with Crippen molar-refractivity contribution in [2.24, 2.45) is 17.6 Å². The molecule has 1 amide bonds. The predicted octanol–water partition coefficient (Wildman–Crippen LogP) is 4.37. The third-order valence-electron chi connectivity index (χ3n) is 6.21. The van der Waals surface area contributed by atoms with Gasteiger partial charge in [-0.1, -0.05) is 69.4 Å². The first-order chi connectivity index (χ1) is 13.5. The lowest BCUT2D eigenvalue weighted by Crippen LogP contribution is -2.48. The number of amides is 1. The number of nitrogens with one attached hydrogen (secondary N) is 1. The van der Waals surface area contributed by atoms with Gasteiger partial charge in [0.25, 0.3) is 0 Å². The van der Waals surface area contributed by atoms with Crippen LogP contribution < -0.4 is 11.1 Å². The summed E-state index contributed by atoms with van der Waals surface area (Å²) >= 11 is 0. The molecule has 0 spiro atoms. The lowest BCUT2D eigenvalue weighted by molar-refractivity contribution is -0.123. The fourth-order valence-electron chi connectivity index (χ4n) is 4.24. The normalized spacial score (nSPS) is 17.2. The lowest BCUT2D eigenvalue weighted by atomic mass is 9.78. The SMILES string of the molecule is CC(NC(=O)[C@@H](N)Cc1cn(Cc2ccccc2)cn1)C(C)C1CCCCC1.Cl.Cl. The van der Waals surface area contributed by atoms with Crippen molar-refractivity contribution in [2.75, 3.05) is 0 Å². The highest BCUT2D eigenvalue weighted by atomic mass is 35.5. The maximum atomic E-state index is 12.6. The lowest BCUT2D eigenvalue weighted by Gasteiger charge is -2.32. The van der Waals surface area contributed by atoms with Crippen LogP contribution in [0.3, 0.4) is 0 Å². The van der Waals surface area contributed by atoms with Gasteiger partial charge in [-0.25, -0.2) is 4.98 Å². The van der Waals surface area contributed by atoms with E-state index in [4.69, 9.17) is 5.73 Å². The number of nitrogens with zero attached hydrogens (tertiary/aromatic N) is 2. The van der Waals surface area contributed by atoms with Crippen LogP contribution in [0.1, 0.15) is 57.2 Å². The van der Waals surface area contributed by atoms with Gasteiger partial charge in [0.15, 0.2) is 0 Å². The molecular formula is C23H36Cl2N4O. The molecule has 30 heavy (non-hydrogen) atoms. The summed E-state index contributed by atoms with van der Waals surface area (Å²) in [5.41, 5.74) is 8.25. The summed E-state index contributed by atoms with van der Waals surface area (Å²) in [6.07, 6.45) is 10.8. The molecule has 1 aliphatic carbocycles. The molecule has 0 saturated heterocycles. The largest absolute Gasteiger partial charge is 0.352 e. The number of aromatic nitrogens is 2. The van der Waals surface area contributed by atoms with Crippen molar-refractivity contribution in [3.63, 3.8) is 0 Å². The zero-order valence-electron chi connectivity index (χ0n) is 18.0. The van der Waals surface area contributed by atoms with Crippen LogP contribution >= 0.6 is 24.8 Å². The van der Waals surface area contributed by atoms with E-state index in [1.807, 2.05) is 29.0 Å². The minimum absolute atomic E-state index is 0. The topological polar surface area (TPSA) is 72.9 Å². The third kappa shape index (κ3) is 7.60. The average Bonchev–Trinajstić information content (AvgIpc) is 3.15. The van der Waals surface area contributed by atoms with E-state index in [1.54, 1.807) is 6.33 Å². The van der Waals surface area contributed by atoms with Crippen molar-refractivity contribution < 1.29 is 4.79 Å². The standard InChI is InChI=1S/C23H34N4O.2ClH/c1-17(20-11-7-4-8-12-20)18(2)26-23(28)22(24)13-21-15-27(16-25-21)14-19-9-5-3-6-10-19;;/h3,5-6,9-10,15-18,20,22H,4,7-8,11-14,24H2,1-2H3,(H,26,28);2*1H/t17?,18?,22-;;/m0../s1. The zero-order chi connectivity index (χ0) is 19.9. The molecule has 3 rings (SSSR count). The molecule has 0 radical (unpaired) electrons. The molecule has 2 unspecified atom stereocenters. The Morgan fingerprint density at radius 1 is 1.17 bits per heavy atom. The van der Waals surface area contributed by atoms with Crippen molar-refractivity contribution in [2.45, 2.75) is 71.0 Å². The van der Waals surface area contributed by atoms with Crippen LogP contribution in [0.4, 0.5) is 0 Å². The van der Waals surface area contributed by atoms with E-state index in [-0.39, 0.29) is 36.8 Å². The van der Waals surface area contributed by atoms with Crippen LogP contribution in [0.5, 0.6) is 0 Å². The van der Waals surface area contributed by atoms with Gasteiger partial charge in [-0.3, -0.25) is 4.79 Å². The number of halogens is 2. The van der Waals surface area contributed by atoms with Crippen LogP contribution in [-0.2, 0) is 17.8 Å². The summed E-state index contributed by atoms with van der Waals surface area (Å²) in [5.74, 6) is 1.13. The van der Waals surface area contributed by atoms with Gasteiger partial charge in [0.1, 0.15) is 0 Å². The molecule has 0 aliphatic heterocycles. The molecule has 5 nitrogen and oxygen atoms in total. The fraction of sp³-hybridized carbons (Fsp3) is 0.565. The Kier molecular flexibility index (Phi) is 11.5. The van der Waals surface area contributed by atoms with Gasteiger partial charge in [-0.05, 0) is 24.3 Å². The van der Waals surface area contributed by atoms with Gasteiger partial charge >= 0.3 is 0 Å². The van der Waals surface area contributed by atoms with Gasteiger partial charge in [0, 0.05) is 25.2 Å². The minimum atomic E-state index is -0.568. The number of nitrogens with two attached hydrogens (primary N) is 1. The Labute approximate surface area is 193 Å². The Morgan fingerprint density at radius 2 is 1.83 bits per heavy atom. The molecule has 1 heterocycles. The van der Waals surface area contributed by atoms with Gasteiger partial charge in [0.2, 0.25) is 5.91 Å². The number of hydrogen-bond acceptors (Lipinski definition) is 3. The number of hydrogen-bond donors (Lipinski definition) is 2. The molecule has 168 valence electrons. The van der Waals surface area contributed by atoms with E-state index in [9.17, 15) is 4.79 Å². The summed E-state index contributed by atoms with van der Waals surface area (Å²) in [4.78, 5) is 17.0. The summed E-state index contributed by atoms with van der Waals surface area (Å²) < 4.78 is 2.03. The van der Waals surface area contributed by atoms with Crippen LogP contribution in [0.15, 0.2) is 42.9 Å². The van der Waals surface area contributed by atoms with Crippen LogP contribution in [-0.4, -0.2) is 27.5 Å². The monoisotopic (exact) mass is 454 g/mol. The first-order valence-corrected chi connectivity index (χ1v) is 10.6. The number of carbonyl (C=O) groups is 1. The smallest absolute Gasteiger partial charge is 0.237 e. The highest BCUT2D eigenvalue weighted by molar-refractivity contribution is 5.85. The van der Waals surface area contributed by atoms with Crippen molar-refractivity contribution in [1.29, 1.82) is 0 Å². The fourth-order valence-corrected chi connectivity index (χ4v) is 4.24. The van der Waals surface area contributed by atoms with Gasteiger partial charge in [0.05, 0.1) is 18.1 Å². The van der Waals surface area contributed by atoms with Crippen LogP contribution in [0, 0.1) is 11.8 Å². The summed E-state index contributed by atoms with van der Waals surface area (Å²) in [5, 5.41) is 3.15. The van der Waals surface area contributed by atoms with E-state index < -0.39 is 6.04 Å². The number of benzene rings is 1. The van der Waals surface area contributed by atoms with E-state index in [0.717, 1.165) is 12.2 Å². The zero-order valence-corrected chi connectivity index (χ0v) is 19.6. The molecule has 1 saturated carbocycles. The summed E-state index contributed by atoms with van der Waals surface area (Å²) in [6.45, 7) is 5.14. The highest BCUT2D eigenvalue weighted by Crippen LogP contribution is 2.31. The van der Waals surface area contributed by atoms with Crippen LogP contribution in [0.2, 0.25) is 0 Å². The second kappa shape index (κ2) is 13.0. The van der Waals surface area contributed by atoms with Crippen molar-refractivity contribution in [1.82, 2.24) is 14.9 Å². The molecule has 1 fully saturated rings. The molecule has 1 aromatic heterocycles. The maximum absolute atomic E-state index is 12.6.